The minimum Gasteiger partial charge on any atom is -0.492 e. The van der Waals surface area contributed by atoms with Gasteiger partial charge in [0.1, 0.15) is 23.9 Å². The standard InChI is InChI=1S/C23H30N2O4/c1-24(18-23(26)27)19-6-5-14-25(15-13-19)16-17-28-20-9-11-22(12-10-20)29-21-7-3-2-4-8-21/h2-4,7-12,19H,5-6,13-18H2,1H3,(H,26,27). The Morgan fingerprint density at radius 1 is 1.03 bits per heavy atom. The van der Waals surface area contributed by atoms with Crippen molar-refractivity contribution >= 4 is 5.97 Å². The number of likely N-dealkylation sites (N-methyl/N-ethyl adjacent to an activating group) is 1. The van der Waals surface area contributed by atoms with Gasteiger partial charge >= 0.3 is 5.97 Å². The lowest BCUT2D eigenvalue weighted by Gasteiger charge is -2.25. The average molecular weight is 399 g/mol. The van der Waals surface area contributed by atoms with Gasteiger partial charge in [0.25, 0.3) is 0 Å². The van der Waals surface area contributed by atoms with E-state index >= 15 is 0 Å². The fourth-order valence-electron chi connectivity index (χ4n) is 3.67. The third-order valence-electron chi connectivity index (χ3n) is 5.28. The second-order valence-electron chi connectivity index (χ2n) is 7.47. The van der Waals surface area contributed by atoms with Crippen molar-refractivity contribution < 1.29 is 19.4 Å². The van der Waals surface area contributed by atoms with E-state index in [9.17, 15) is 4.79 Å². The number of carbonyl (C=O) groups is 1. The third-order valence-corrected chi connectivity index (χ3v) is 5.28. The minimum absolute atomic E-state index is 0.109. The summed E-state index contributed by atoms with van der Waals surface area (Å²) in [6.45, 7) is 3.62. The van der Waals surface area contributed by atoms with Gasteiger partial charge in [0.2, 0.25) is 0 Å². The summed E-state index contributed by atoms with van der Waals surface area (Å²) in [6, 6.07) is 17.7. The van der Waals surface area contributed by atoms with Crippen LogP contribution >= 0.6 is 0 Å². The first kappa shape index (κ1) is 21.1. The van der Waals surface area contributed by atoms with Gasteiger partial charge in [0, 0.05) is 12.6 Å². The largest absolute Gasteiger partial charge is 0.492 e. The van der Waals surface area contributed by atoms with Gasteiger partial charge in [-0.2, -0.15) is 0 Å². The van der Waals surface area contributed by atoms with Crippen LogP contribution in [0.5, 0.6) is 17.2 Å². The predicted molar refractivity (Wildman–Crippen MR) is 113 cm³/mol. The molecule has 2 aromatic rings. The monoisotopic (exact) mass is 398 g/mol. The molecule has 1 atom stereocenters. The topological polar surface area (TPSA) is 62.2 Å². The first-order valence-electron chi connectivity index (χ1n) is 10.2. The highest BCUT2D eigenvalue weighted by Gasteiger charge is 2.21. The van der Waals surface area contributed by atoms with Crippen molar-refractivity contribution in [2.24, 2.45) is 0 Å². The molecule has 0 spiro atoms. The number of likely N-dealkylation sites (tertiary alicyclic amines) is 1. The Morgan fingerprint density at radius 3 is 2.45 bits per heavy atom. The molecule has 1 N–H and O–H groups in total. The first-order valence-corrected chi connectivity index (χ1v) is 10.2. The zero-order chi connectivity index (χ0) is 20.5. The summed E-state index contributed by atoms with van der Waals surface area (Å²) in [5, 5.41) is 8.98. The molecule has 0 aliphatic carbocycles. The summed E-state index contributed by atoms with van der Waals surface area (Å²) in [5.74, 6) is 1.67. The van der Waals surface area contributed by atoms with Crippen molar-refractivity contribution in [1.29, 1.82) is 0 Å². The molecule has 29 heavy (non-hydrogen) atoms. The van der Waals surface area contributed by atoms with E-state index in [1.807, 2.05) is 66.5 Å². The maximum atomic E-state index is 10.9. The molecule has 156 valence electrons. The van der Waals surface area contributed by atoms with Gasteiger partial charge in [-0.05, 0) is 75.8 Å². The Kier molecular flexibility index (Phi) is 7.90. The van der Waals surface area contributed by atoms with Crippen molar-refractivity contribution in [3.63, 3.8) is 0 Å². The minimum atomic E-state index is -0.762. The van der Waals surface area contributed by atoms with E-state index in [4.69, 9.17) is 14.6 Å². The van der Waals surface area contributed by atoms with Gasteiger partial charge in [-0.25, -0.2) is 0 Å². The summed E-state index contributed by atoms with van der Waals surface area (Å²) in [6.07, 6.45) is 3.12. The molecule has 6 heteroatoms. The number of aliphatic carboxylic acids is 1. The fraction of sp³-hybridized carbons (Fsp3) is 0.435. The molecule has 1 aliphatic heterocycles. The molecule has 0 amide bonds. The summed E-state index contributed by atoms with van der Waals surface area (Å²) < 4.78 is 11.7. The molecule has 1 fully saturated rings. The van der Waals surface area contributed by atoms with Crippen LogP contribution in [0.3, 0.4) is 0 Å². The van der Waals surface area contributed by atoms with Gasteiger partial charge in [-0.15, -0.1) is 0 Å². The number of hydrogen-bond donors (Lipinski definition) is 1. The average Bonchev–Trinajstić information content (AvgIpc) is 2.95. The molecule has 1 aliphatic rings. The number of ether oxygens (including phenoxy) is 2. The lowest BCUT2D eigenvalue weighted by Crippen LogP contribution is -2.37. The van der Waals surface area contributed by atoms with Crippen LogP contribution in [-0.2, 0) is 4.79 Å². The van der Waals surface area contributed by atoms with Crippen LogP contribution < -0.4 is 9.47 Å². The Hall–Kier alpha value is -2.57. The molecule has 0 saturated carbocycles. The predicted octanol–water partition coefficient (Wildman–Crippen LogP) is 3.73. The zero-order valence-corrected chi connectivity index (χ0v) is 17.0. The van der Waals surface area contributed by atoms with Crippen LogP contribution in [0.15, 0.2) is 54.6 Å². The molecular formula is C23H30N2O4. The Bertz CT molecular complexity index is 751. The van der Waals surface area contributed by atoms with Crippen LogP contribution in [0.4, 0.5) is 0 Å². The van der Waals surface area contributed by atoms with E-state index in [1.165, 1.54) is 0 Å². The molecule has 2 aromatic carbocycles. The molecule has 3 rings (SSSR count). The first-order chi connectivity index (χ1) is 14.1. The van der Waals surface area contributed by atoms with Crippen LogP contribution in [0, 0.1) is 0 Å². The lowest BCUT2D eigenvalue weighted by molar-refractivity contribution is -0.138. The Morgan fingerprint density at radius 2 is 1.72 bits per heavy atom. The Labute approximate surface area is 172 Å². The van der Waals surface area contributed by atoms with Gasteiger partial charge in [-0.3, -0.25) is 14.6 Å². The van der Waals surface area contributed by atoms with E-state index in [0.29, 0.717) is 12.6 Å². The lowest BCUT2D eigenvalue weighted by atomic mass is 10.1. The normalized spacial score (nSPS) is 17.7. The van der Waals surface area contributed by atoms with E-state index in [1.54, 1.807) is 0 Å². The number of carboxylic acid groups (broad SMARTS) is 1. The smallest absolute Gasteiger partial charge is 0.317 e. The van der Waals surface area contributed by atoms with Crippen LogP contribution in [0.25, 0.3) is 0 Å². The molecular weight excluding hydrogens is 368 g/mol. The SMILES string of the molecule is CN(CC(=O)O)C1CCCN(CCOc2ccc(Oc3ccccc3)cc2)CC1. The second-order valence-corrected chi connectivity index (χ2v) is 7.47. The maximum absolute atomic E-state index is 10.9. The van der Waals surface area contributed by atoms with Crippen molar-refractivity contribution in [3.05, 3.63) is 54.6 Å². The van der Waals surface area contributed by atoms with Gasteiger partial charge in [0.05, 0.1) is 6.54 Å². The molecule has 1 saturated heterocycles. The molecule has 1 heterocycles. The van der Waals surface area contributed by atoms with E-state index in [2.05, 4.69) is 4.90 Å². The fourth-order valence-corrected chi connectivity index (χ4v) is 3.67. The summed E-state index contributed by atoms with van der Waals surface area (Å²) >= 11 is 0. The number of nitrogens with zero attached hydrogens (tertiary/aromatic N) is 2. The highest BCUT2D eigenvalue weighted by Crippen LogP contribution is 2.23. The van der Waals surface area contributed by atoms with Crippen LogP contribution in [-0.4, -0.2) is 66.8 Å². The van der Waals surface area contributed by atoms with Crippen molar-refractivity contribution in [2.45, 2.75) is 25.3 Å². The van der Waals surface area contributed by atoms with Crippen LogP contribution in [0.2, 0.25) is 0 Å². The van der Waals surface area contributed by atoms with E-state index in [0.717, 1.165) is 56.1 Å². The number of carboxylic acids is 1. The molecule has 0 bridgehead atoms. The number of benzene rings is 2. The summed E-state index contributed by atoms with van der Waals surface area (Å²) in [5.41, 5.74) is 0. The summed E-state index contributed by atoms with van der Waals surface area (Å²) in [4.78, 5) is 15.3. The second kappa shape index (κ2) is 10.8. The van der Waals surface area contributed by atoms with Gasteiger partial charge in [0.15, 0.2) is 0 Å². The molecule has 0 aromatic heterocycles. The van der Waals surface area contributed by atoms with E-state index < -0.39 is 5.97 Å². The van der Waals surface area contributed by atoms with Crippen molar-refractivity contribution in [2.75, 3.05) is 39.8 Å². The quantitative estimate of drug-likeness (QED) is 0.695. The third kappa shape index (κ3) is 7.07. The number of para-hydroxylation sites is 1. The molecule has 6 nitrogen and oxygen atoms in total. The van der Waals surface area contributed by atoms with Gasteiger partial charge < -0.3 is 14.6 Å². The van der Waals surface area contributed by atoms with Crippen molar-refractivity contribution in [1.82, 2.24) is 9.80 Å². The Balaban J connectivity index is 1.39. The molecule has 0 radical (unpaired) electrons. The summed E-state index contributed by atoms with van der Waals surface area (Å²) in [7, 11) is 1.91. The van der Waals surface area contributed by atoms with Crippen molar-refractivity contribution in [3.8, 4) is 17.2 Å². The number of rotatable bonds is 9. The van der Waals surface area contributed by atoms with Gasteiger partial charge in [-0.1, -0.05) is 18.2 Å². The maximum Gasteiger partial charge on any atom is 0.317 e. The highest BCUT2D eigenvalue weighted by molar-refractivity contribution is 5.69. The zero-order valence-electron chi connectivity index (χ0n) is 17.0. The number of hydrogen-bond acceptors (Lipinski definition) is 5. The highest BCUT2D eigenvalue weighted by atomic mass is 16.5. The van der Waals surface area contributed by atoms with E-state index in [-0.39, 0.29) is 6.54 Å². The molecule has 1 unspecified atom stereocenters. The van der Waals surface area contributed by atoms with Crippen LogP contribution in [0.1, 0.15) is 19.3 Å².